The van der Waals surface area contributed by atoms with E-state index in [2.05, 4.69) is 6.58 Å². The van der Waals surface area contributed by atoms with Gasteiger partial charge in [0.05, 0.1) is 5.75 Å². The highest BCUT2D eigenvalue weighted by Gasteiger charge is 2.42. The lowest BCUT2D eigenvalue weighted by atomic mass is 10.1. The van der Waals surface area contributed by atoms with Gasteiger partial charge < -0.3 is 0 Å². The molecule has 1 heterocycles. The Balaban J connectivity index is 1.68. The first-order valence-corrected chi connectivity index (χ1v) is 9.39. The average Bonchev–Trinajstić information content (AvgIpc) is 3.24. The molecule has 21 heavy (non-hydrogen) atoms. The van der Waals surface area contributed by atoms with Gasteiger partial charge in [-0.1, -0.05) is 55.7 Å². The molecule has 116 valence electrons. The fraction of sp³-hybridized carbons (Fsp3) is 0.529. The molecule has 3 nitrogen and oxygen atoms in total. The summed E-state index contributed by atoms with van der Waals surface area (Å²) >= 11 is 0. The maximum absolute atomic E-state index is 12.3. The minimum atomic E-state index is -3.12. The van der Waals surface area contributed by atoms with Crippen LogP contribution in [0.5, 0.6) is 0 Å². The Labute approximate surface area is 128 Å². The van der Waals surface area contributed by atoms with Gasteiger partial charge in [0.25, 0.3) is 0 Å². The molecule has 4 heteroatoms. The Kier molecular flexibility index (Phi) is 6.00. The number of rotatable bonds is 10. The third-order valence-electron chi connectivity index (χ3n) is 3.91. The maximum Gasteiger partial charge on any atom is 0.218 e. The van der Waals surface area contributed by atoms with Gasteiger partial charge in [0, 0.05) is 12.6 Å². The Morgan fingerprint density at radius 2 is 1.86 bits per heavy atom. The minimum absolute atomic E-state index is 0.129. The van der Waals surface area contributed by atoms with Gasteiger partial charge >= 0.3 is 0 Å². The third-order valence-corrected chi connectivity index (χ3v) is 5.77. The van der Waals surface area contributed by atoms with Gasteiger partial charge in [-0.25, -0.2) is 8.42 Å². The monoisotopic (exact) mass is 307 g/mol. The second-order valence-corrected chi connectivity index (χ2v) is 7.67. The molecule has 0 spiro atoms. The molecule has 0 bridgehead atoms. The van der Waals surface area contributed by atoms with E-state index < -0.39 is 10.0 Å². The lowest BCUT2D eigenvalue weighted by Gasteiger charge is -2.06. The van der Waals surface area contributed by atoms with E-state index in [-0.39, 0.29) is 11.8 Å². The number of sulfonamides is 1. The van der Waals surface area contributed by atoms with Crippen molar-refractivity contribution in [1.29, 1.82) is 0 Å². The van der Waals surface area contributed by atoms with Crippen molar-refractivity contribution in [3.63, 3.8) is 0 Å². The van der Waals surface area contributed by atoms with E-state index in [1.54, 1.807) is 4.31 Å². The number of unbranched alkanes of at least 4 members (excludes halogenated alkanes) is 4. The van der Waals surface area contributed by atoms with Gasteiger partial charge in [-0.15, -0.1) is 6.58 Å². The Hall–Kier alpha value is -1.13. The zero-order valence-corrected chi connectivity index (χ0v) is 13.4. The van der Waals surface area contributed by atoms with Crippen molar-refractivity contribution in [3.8, 4) is 0 Å². The third kappa shape index (κ3) is 5.29. The number of hydrogen-bond donors (Lipinski definition) is 0. The summed E-state index contributed by atoms with van der Waals surface area (Å²) in [6.45, 7) is 4.42. The van der Waals surface area contributed by atoms with Crippen LogP contribution in [-0.2, 0) is 15.8 Å². The van der Waals surface area contributed by atoms with Crippen molar-refractivity contribution < 1.29 is 8.42 Å². The highest BCUT2D eigenvalue weighted by atomic mass is 32.2. The van der Waals surface area contributed by atoms with E-state index in [1.165, 1.54) is 19.3 Å². The molecular formula is C17H25NO2S. The van der Waals surface area contributed by atoms with E-state index in [0.29, 0.717) is 6.54 Å². The number of allylic oxidation sites excluding steroid dienone is 1. The summed E-state index contributed by atoms with van der Waals surface area (Å²) in [5.41, 5.74) is 0.868. The van der Waals surface area contributed by atoms with Crippen LogP contribution >= 0.6 is 0 Å². The molecular weight excluding hydrogens is 282 g/mol. The van der Waals surface area contributed by atoms with Crippen LogP contribution < -0.4 is 0 Å². The number of benzene rings is 1. The second-order valence-electron chi connectivity index (χ2n) is 5.75. The van der Waals surface area contributed by atoms with Crippen molar-refractivity contribution in [2.75, 3.05) is 6.54 Å². The van der Waals surface area contributed by atoms with Crippen molar-refractivity contribution in [2.45, 2.75) is 50.3 Å². The van der Waals surface area contributed by atoms with Gasteiger partial charge in [0.15, 0.2) is 0 Å². The fourth-order valence-electron chi connectivity index (χ4n) is 2.63. The number of hydrogen-bond acceptors (Lipinski definition) is 2. The quantitative estimate of drug-likeness (QED) is 0.375. The predicted molar refractivity (Wildman–Crippen MR) is 87.5 cm³/mol. The molecule has 1 aromatic rings. The van der Waals surface area contributed by atoms with Crippen LogP contribution in [0.3, 0.4) is 0 Å². The van der Waals surface area contributed by atoms with Crippen LogP contribution in [0.15, 0.2) is 43.0 Å². The lowest BCUT2D eigenvalue weighted by Crippen LogP contribution is -2.16. The van der Waals surface area contributed by atoms with Gasteiger partial charge in [0.1, 0.15) is 0 Å². The summed E-state index contributed by atoms with van der Waals surface area (Å²) in [4.78, 5) is 0. The summed E-state index contributed by atoms with van der Waals surface area (Å²) in [5.74, 6) is 0.129. The Morgan fingerprint density at radius 1 is 1.14 bits per heavy atom. The summed E-state index contributed by atoms with van der Waals surface area (Å²) < 4.78 is 26.2. The van der Waals surface area contributed by atoms with E-state index in [0.717, 1.165) is 24.8 Å². The van der Waals surface area contributed by atoms with Crippen molar-refractivity contribution in [1.82, 2.24) is 4.31 Å². The largest absolute Gasteiger partial charge is 0.218 e. The molecule has 2 unspecified atom stereocenters. The Morgan fingerprint density at radius 3 is 2.57 bits per heavy atom. The SMILES string of the molecule is C=CCCCCCCC1CN1S(=O)(=O)Cc1ccccc1. The molecule has 1 aliphatic heterocycles. The van der Waals surface area contributed by atoms with Crippen LogP contribution in [0, 0.1) is 0 Å². The smallest absolute Gasteiger partial charge is 0.212 e. The van der Waals surface area contributed by atoms with Crippen LogP contribution in [0.25, 0.3) is 0 Å². The van der Waals surface area contributed by atoms with Crippen molar-refractivity contribution >= 4 is 10.0 Å². The van der Waals surface area contributed by atoms with E-state index in [1.807, 2.05) is 36.4 Å². The molecule has 0 saturated carbocycles. The van der Waals surface area contributed by atoms with Gasteiger partial charge in [-0.05, 0) is 24.8 Å². The zero-order valence-electron chi connectivity index (χ0n) is 12.6. The molecule has 0 aliphatic carbocycles. The molecule has 2 atom stereocenters. The predicted octanol–water partition coefficient (Wildman–Crippen LogP) is 3.73. The first-order valence-electron chi connectivity index (χ1n) is 7.78. The van der Waals surface area contributed by atoms with Crippen LogP contribution in [0.4, 0.5) is 0 Å². The van der Waals surface area contributed by atoms with Crippen molar-refractivity contribution in [2.24, 2.45) is 0 Å². The molecule has 1 aliphatic rings. The lowest BCUT2D eigenvalue weighted by molar-refractivity contribution is 0.535. The van der Waals surface area contributed by atoms with E-state index in [4.69, 9.17) is 0 Å². The first-order chi connectivity index (χ1) is 10.1. The topological polar surface area (TPSA) is 37.1 Å². The second kappa shape index (κ2) is 7.76. The van der Waals surface area contributed by atoms with Crippen LogP contribution in [-0.4, -0.2) is 25.3 Å². The molecule has 0 amide bonds. The zero-order chi connectivity index (χ0) is 15.1. The molecule has 0 aromatic heterocycles. The highest BCUT2D eigenvalue weighted by Crippen LogP contribution is 2.29. The van der Waals surface area contributed by atoms with Crippen LogP contribution in [0.2, 0.25) is 0 Å². The maximum atomic E-state index is 12.3. The highest BCUT2D eigenvalue weighted by molar-refractivity contribution is 7.88. The molecule has 1 saturated heterocycles. The molecule has 1 aromatic carbocycles. The summed E-state index contributed by atoms with van der Waals surface area (Å²) in [6, 6.07) is 9.66. The molecule has 1 fully saturated rings. The summed E-state index contributed by atoms with van der Waals surface area (Å²) in [7, 11) is -3.12. The standard InChI is InChI=1S/C17H25NO2S/c1-2-3-4-5-6-10-13-17-14-18(17)21(19,20)15-16-11-8-7-9-12-16/h2,7-9,11-12,17H,1,3-6,10,13-15H2. The Bertz CT molecular complexity index is 539. The average molecular weight is 307 g/mol. The van der Waals surface area contributed by atoms with Gasteiger partial charge in [-0.3, -0.25) is 0 Å². The van der Waals surface area contributed by atoms with E-state index >= 15 is 0 Å². The molecule has 2 rings (SSSR count). The van der Waals surface area contributed by atoms with E-state index in [9.17, 15) is 8.42 Å². The van der Waals surface area contributed by atoms with Gasteiger partial charge in [-0.2, -0.15) is 4.31 Å². The number of nitrogens with zero attached hydrogens (tertiary/aromatic N) is 1. The molecule has 0 radical (unpaired) electrons. The van der Waals surface area contributed by atoms with Crippen LogP contribution in [0.1, 0.15) is 44.1 Å². The normalized spacial score (nSPS) is 21.1. The first kappa shape index (κ1) is 16.2. The fourth-order valence-corrected chi connectivity index (χ4v) is 4.36. The van der Waals surface area contributed by atoms with Crippen molar-refractivity contribution in [3.05, 3.63) is 48.6 Å². The molecule has 0 N–H and O–H groups in total. The van der Waals surface area contributed by atoms with Gasteiger partial charge in [0.2, 0.25) is 10.0 Å². The summed E-state index contributed by atoms with van der Waals surface area (Å²) in [6.07, 6.45) is 8.78. The summed E-state index contributed by atoms with van der Waals surface area (Å²) in [5, 5.41) is 0. The minimum Gasteiger partial charge on any atom is -0.212 e.